The molecule has 7 heteroatoms. The standard InChI is InChI=1S/C9H6ClNO3S.Na/c10-6-1-2-7-8(5-6)11-4-3-9(7)15(12,13)14;/h1-5H,(H,12,13,14);/q;+1/p-1. The van der Waals surface area contributed by atoms with Crippen LogP contribution in [0.3, 0.4) is 0 Å². The number of hydrogen-bond acceptors (Lipinski definition) is 4. The second-order valence-electron chi connectivity index (χ2n) is 2.92. The van der Waals surface area contributed by atoms with Crippen LogP contribution in [0, 0.1) is 0 Å². The number of hydrogen-bond donors (Lipinski definition) is 0. The van der Waals surface area contributed by atoms with E-state index in [-0.39, 0.29) is 39.8 Å². The fraction of sp³-hybridized carbons (Fsp3) is 0. The second-order valence-corrected chi connectivity index (χ2v) is 4.71. The summed E-state index contributed by atoms with van der Waals surface area (Å²) in [5, 5.41) is 0.729. The Kier molecular flexibility index (Phi) is 4.34. The summed E-state index contributed by atoms with van der Waals surface area (Å²) in [5.74, 6) is 0. The zero-order chi connectivity index (χ0) is 11.1. The Balaban J connectivity index is 0.00000128. The van der Waals surface area contributed by atoms with Crippen LogP contribution >= 0.6 is 11.6 Å². The summed E-state index contributed by atoms with van der Waals surface area (Å²) in [6.45, 7) is 0. The zero-order valence-corrected chi connectivity index (χ0v) is 11.9. The Bertz CT molecular complexity index is 630. The maximum Gasteiger partial charge on any atom is 1.00 e. The SMILES string of the molecule is O=S(=O)([O-])c1ccnc2cc(Cl)ccc12.[Na+]. The average Bonchev–Trinajstić information content (AvgIpc) is 2.15. The zero-order valence-electron chi connectivity index (χ0n) is 8.34. The van der Waals surface area contributed by atoms with E-state index in [0.717, 1.165) is 0 Å². The summed E-state index contributed by atoms with van der Waals surface area (Å²) < 4.78 is 32.7. The van der Waals surface area contributed by atoms with Crippen molar-refractivity contribution in [1.82, 2.24) is 4.98 Å². The van der Waals surface area contributed by atoms with Gasteiger partial charge in [0, 0.05) is 16.6 Å². The molecular weight excluding hydrogens is 261 g/mol. The van der Waals surface area contributed by atoms with E-state index in [2.05, 4.69) is 4.98 Å². The Hall–Kier alpha value is -0.170. The molecule has 2 rings (SSSR count). The van der Waals surface area contributed by atoms with Crippen LogP contribution < -0.4 is 29.6 Å². The Morgan fingerprint density at radius 1 is 1.25 bits per heavy atom. The number of aromatic nitrogens is 1. The largest absolute Gasteiger partial charge is 1.00 e. The summed E-state index contributed by atoms with van der Waals surface area (Å²) in [5.41, 5.74) is 0.388. The number of fused-ring (bicyclic) bond motifs is 1. The number of benzene rings is 1. The molecule has 0 aliphatic carbocycles. The molecule has 0 fully saturated rings. The van der Waals surface area contributed by atoms with Crippen molar-refractivity contribution < 1.29 is 42.5 Å². The van der Waals surface area contributed by atoms with E-state index in [1.807, 2.05) is 0 Å². The molecule has 0 bridgehead atoms. The molecule has 1 aromatic heterocycles. The number of pyridine rings is 1. The van der Waals surface area contributed by atoms with Crippen molar-refractivity contribution >= 4 is 32.6 Å². The molecule has 16 heavy (non-hydrogen) atoms. The van der Waals surface area contributed by atoms with Crippen molar-refractivity contribution in [3.63, 3.8) is 0 Å². The normalized spacial score (nSPS) is 11.1. The summed E-state index contributed by atoms with van der Waals surface area (Å²) in [6.07, 6.45) is 1.27. The number of rotatable bonds is 1. The fourth-order valence-electron chi connectivity index (χ4n) is 1.31. The molecule has 0 atom stereocenters. The summed E-state index contributed by atoms with van der Waals surface area (Å²) >= 11 is 5.72. The molecule has 0 amide bonds. The van der Waals surface area contributed by atoms with Crippen LogP contribution in [0.2, 0.25) is 5.02 Å². The molecule has 2 aromatic rings. The molecule has 78 valence electrons. The predicted octanol–water partition coefficient (Wildman–Crippen LogP) is -1.20. The van der Waals surface area contributed by atoms with E-state index >= 15 is 0 Å². The van der Waals surface area contributed by atoms with E-state index in [0.29, 0.717) is 10.5 Å². The maximum absolute atomic E-state index is 10.9. The van der Waals surface area contributed by atoms with Gasteiger partial charge in [-0.3, -0.25) is 4.98 Å². The summed E-state index contributed by atoms with van der Waals surface area (Å²) in [4.78, 5) is 3.65. The van der Waals surface area contributed by atoms with E-state index in [4.69, 9.17) is 11.6 Å². The second kappa shape index (κ2) is 5.00. The molecule has 1 aromatic carbocycles. The molecule has 0 N–H and O–H groups in total. The van der Waals surface area contributed by atoms with Gasteiger partial charge in [-0.15, -0.1) is 0 Å². The van der Waals surface area contributed by atoms with E-state index in [1.54, 1.807) is 0 Å². The minimum absolute atomic E-state index is 0. The summed E-state index contributed by atoms with van der Waals surface area (Å²) in [6, 6.07) is 5.67. The van der Waals surface area contributed by atoms with Gasteiger partial charge in [-0.2, -0.15) is 0 Å². The Labute approximate surface area is 120 Å². The topological polar surface area (TPSA) is 70.1 Å². The van der Waals surface area contributed by atoms with E-state index in [9.17, 15) is 13.0 Å². The van der Waals surface area contributed by atoms with Crippen LogP contribution in [0.15, 0.2) is 35.4 Å². The van der Waals surface area contributed by atoms with Gasteiger partial charge in [-0.05, 0) is 18.2 Å². The monoisotopic (exact) mass is 265 g/mol. The maximum atomic E-state index is 10.9. The van der Waals surface area contributed by atoms with Gasteiger partial charge >= 0.3 is 29.6 Å². The quantitative estimate of drug-likeness (QED) is 0.480. The molecule has 0 radical (unpaired) electrons. The van der Waals surface area contributed by atoms with Crippen LogP contribution in [0.1, 0.15) is 0 Å². The average molecular weight is 266 g/mol. The van der Waals surface area contributed by atoms with Gasteiger partial charge in [0.25, 0.3) is 0 Å². The van der Waals surface area contributed by atoms with Gasteiger partial charge < -0.3 is 4.55 Å². The molecule has 0 saturated heterocycles. The van der Waals surface area contributed by atoms with Crippen molar-refractivity contribution in [2.45, 2.75) is 4.90 Å². The minimum Gasteiger partial charge on any atom is -0.744 e. The Morgan fingerprint density at radius 2 is 1.94 bits per heavy atom. The Morgan fingerprint density at radius 3 is 2.56 bits per heavy atom. The minimum atomic E-state index is -4.48. The third-order valence-electron chi connectivity index (χ3n) is 1.93. The van der Waals surface area contributed by atoms with E-state index < -0.39 is 10.1 Å². The van der Waals surface area contributed by atoms with Crippen molar-refractivity contribution in [3.05, 3.63) is 35.5 Å². The number of nitrogens with zero attached hydrogens (tertiary/aromatic N) is 1. The molecule has 1 heterocycles. The van der Waals surface area contributed by atoms with Gasteiger partial charge in [0.05, 0.1) is 10.4 Å². The molecule has 0 saturated carbocycles. The van der Waals surface area contributed by atoms with Gasteiger partial charge in [-0.1, -0.05) is 17.7 Å². The predicted molar refractivity (Wildman–Crippen MR) is 54.7 cm³/mol. The molecule has 0 spiro atoms. The first kappa shape index (κ1) is 13.9. The first-order valence-corrected chi connectivity index (χ1v) is 5.77. The van der Waals surface area contributed by atoms with Gasteiger partial charge in [0.15, 0.2) is 0 Å². The molecule has 4 nitrogen and oxygen atoms in total. The fourth-order valence-corrected chi connectivity index (χ4v) is 2.15. The van der Waals surface area contributed by atoms with Crippen LogP contribution in [0.5, 0.6) is 0 Å². The molecule has 0 unspecified atom stereocenters. The molecule has 0 aliphatic heterocycles. The first-order valence-electron chi connectivity index (χ1n) is 3.98. The molecular formula is C9H5ClNNaO3S. The van der Waals surface area contributed by atoms with Crippen LogP contribution in [0.25, 0.3) is 10.9 Å². The van der Waals surface area contributed by atoms with Crippen molar-refractivity contribution in [2.24, 2.45) is 0 Å². The smallest absolute Gasteiger partial charge is 0.744 e. The van der Waals surface area contributed by atoms with Gasteiger partial charge in [0.1, 0.15) is 10.1 Å². The van der Waals surface area contributed by atoms with Gasteiger partial charge in [-0.25, -0.2) is 8.42 Å². The van der Waals surface area contributed by atoms with Crippen LogP contribution in [-0.4, -0.2) is 18.0 Å². The van der Waals surface area contributed by atoms with Gasteiger partial charge in [0.2, 0.25) is 0 Å². The first-order chi connectivity index (χ1) is 6.98. The van der Waals surface area contributed by atoms with Crippen LogP contribution in [0.4, 0.5) is 0 Å². The van der Waals surface area contributed by atoms with Crippen LogP contribution in [-0.2, 0) is 10.1 Å². The van der Waals surface area contributed by atoms with Crippen molar-refractivity contribution in [1.29, 1.82) is 0 Å². The van der Waals surface area contributed by atoms with E-state index in [1.165, 1.54) is 30.5 Å². The number of halogens is 1. The van der Waals surface area contributed by atoms with Crippen molar-refractivity contribution in [3.8, 4) is 0 Å². The van der Waals surface area contributed by atoms with Crippen molar-refractivity contribution in [2.75, 3.05) is 0 Å². The molecule has 0 aliphatic rings. The summed E-state index contributed by atoms with van der Waals surface area (Å²) in [7, 11) is -4.48. The third-order valence-corrected chi connectivity index (χ3v) is 3.06. The third kappa shape index (κ3) is 2.74.